The molecular weight excluding hydrogens is 294 g/mol. The molecule has 4 aliphatic rings. The minimum Gasteiger partial charge on any atom is -0.454 e. The quantitative estimate of drug-likeness (QED) is 0.856. The fourth-order valence-electron chi connectivity index (χ4n) is 4.15. The third-order valence-electron chi connectivity index (χ3n) is 5.61. The molecule has 3 fully saturated rings. The topological polar surface area (TPSA) is 48.0 Å². The number of carbonyl (C=O) groups excluding carboxylic acids is 1. The Labute approximate surface area is 135 Å². The number of ether oxygens (including phenoxy) is 3. The normalized spacial score (nSPS) is 31.0. The van der Waals surface area contributed by atoms with E-state index in [2.05, 4.69) is 0 Å². The zero-order chi connectivity index (χ0) is 15.4. The average molecular weight is 315 g/mol. The third-order valence-corrected chi connectivity index (χ3v) is 5.61. The highest BCUT2D eigenvalue weighted by atomic mass is 16.7. The lowest BCUT2D eigenvalue weighted by Crippen LogP contribution is -2.40. The lowest BCUT2D eigenvalue weighted by molar-refractivity contribution is 0.0208. The van der Waals surface area contributed by atoms with Crippen LogP contribution in [0.15, 0.2) is 18.2 Å². The summed E-state index contributed by atoms with van der Waals surface area (Å²) in [7, 11) is 0. The number of rotatable bonds is 4. The molecule has 1 aromatic carbocycles. The van der Waals surface area contributed by atoms with E-state index in [4.69, 9.17) is 14.2 Å². The fraction of sp³-hybridized carbons (Fsp3) is 0.611. The van der Waals surface area contributed by atoms with Gasteiger partial charge in [0.2, 0.25) is 6.79 Å². The number of carbonyl (C=O) groups is 1. The number of hydrogen-bond donors (Lipinski definition) is 0. The Morgan fingerprint density at radius 2 is 2.04 bits per heavy atom. The van der Waals surface area contributed by atoms with Crippen LogP contribution in [-0.2, 0) is 4.74 Å². The molecule has 23 heavy (non-hydrogen) atoms. The summed E-state index contributed by atoms with van der Waals surface area (Å²) >= 11 is 0. The van der Waals surface area contributed by atoms with Gasteiger partial charge in [0, 0.05) is 24.6 Å². The monoisotopic (exact) mass is 315 g/mol. The smallest absolute Gasteiger partial charge is 0.254 e. The second-order valence-electron chi connectivity index (χ2n) is 7.17. The molecule has 0 spiro atoms. The summed E-state index contributed by atoms with van der Waals surface area (Å²) in [5.41, 5.74) is 0.683. The standard InChI is InChI=1S/C18H21NO4/c20-18(12-4-6-15-16(7-12)23-10-22-15)19-8-13-3-5-14(19)17(13)21-9-11-1-2-11/h4,6-7,11,13-14,17H,1-3,5,8-10H2/t13-,14+,17-/m1/s1. The Kier molecular flexibility index (Phi) is 3.05. The second-order valence-corrected chi connectivity index (χ2v) is 7.17. The van der Waals surface area contributed by atoms with Gasteiger partial charge in [0.05, 0.1) is 12.1 Å². The summed E-state index contributed by atoms with van der Waals surface area (Å²) in [6, 6.07) is 5.71. The van der Waals surface area contributed by atoms with Gasteiger partial charge in [0.25, 0.3) is 5.91 Å². The van der Waals surface area contributed by atoms with Gasteiger partial charge < -0.3 is 19.1 Å². The van der Waals surface area contributed by atoms with Crippen LogP contribution in [0.3, 0.4) is 0 Å². The largest absolute Gasteiger partial charge is 0.454 e. The van der Waals surface area contributed by atoms with E-state index in [0.717, 1.165) is 31.2 Å². The molecule has 0 unspecified atom stereocenters. The molecule has 0 radical (unpaired) electrons. The lowest BCUT2D eigenvalue weighted by Gasteiger charge is -2.27. The molecule has 1 amide bonds. The van der Waals surface area contributed by atoms with Crippen molar-refractivity contribution < 1.29 is 19.0 Å². The number of likely N-dealkylation sites (tertiary alicyclic amines) is 1. The maximum atomic E-state index is 12.9. The van der Waals surface area contributed by atoms with Crippen molar-refractivity contribution in [2.75, 3.05) is 19.9 Å². The highest BCUT2D eigenvalue weighted by Crippen LogP contribution is 2.42. The van der Waals surface area contributed by atoms with E-state index in [9.17, 15) is 4.79 Å². The minimum absolute atomic E-state index is 0.0931. The van der Waals surface area contributed by atoms with E-state index >= 15 is 0 Å². The Bertz CT molecular complexity index is 642. The highest BCUT2D eigenvalue weighted by molar-refractivity contribution is 5.95. The van der Waals surface area contributed by atoms with Crippen LogP contribution in [-0.4, -0.2) is 42.9 Å². The van der Waals surface area contributed by atoms with E-state index in [1.165, 1.54) is 19.3 Å². The van der Waals surface area contributed by atoms with Gasteiger partial charge in [-0.25, -0.2) is 0 Å². The molecule has 5 nitrogen and oxygen atoms in total. The van der Waals surface area contributed by atoms with Crippen molar-refractivity contribution in [3.63, 3.8) is 0 Å². The number of nitrogens with zero attached hydrogens (tertiary/aromatic N) is 1. The Balaban J connectivity index is 1.32. The zero-order valence-electron chi connectivity index (χ0n) is 13.1. The molecule has 0 N–H and O–H groups in total. The van der Waals surface area contributed by atoms with Crippen LogP contribution >= 0.6 is 0 Å². The molecule has 2 aliphatic heterocycles. The molecule has 5 rings (SSSR count). The summed E-state index contributed by atoms with van der Waals surface area (Å²) in [6.45, 7) is 1.94. The van der Waals surface area contributed by atoms with Crippen LogP contribution in [0.2, 0.25) is 0 Å². The number of hydrogen-bond acceptors (Lipinski definition) is 4. The Hall–Kier alpha value is -1.75. The predicted molar refractivity (Wildman–Crippen MR) is 82.6 cm³/mol. The van der Waals surface area contributed by atoms with Gasteiger partial charge in [-0.2, -0.15) is 0 Å². The van der Waals surface area contributed by atoms with Crippen molar-refractivity contribution in [3.8, 4) is 11.5 Å². The molecule has 1 aromatic rings. The maximum Gasteiger partial charge on any atom is 0.254 e. The van der Waals surface area contributed by atoms with E-state index in [-0.39, 0.29) is 24.8 Å². The Morgan fingerprint density at radius 3 is 2.91 bits per heavy atom. The first-order valence-corrected chi connectivity index (χ1v) is 8.62. The Morgan fingerprint density at radius 1 is 1.17 bits per heavy atom. The van der Waals surface area contributed by atoms with Gasteiger partial charge in [-0.3, -0.25) is 4.79 Å². The van der Waals surface area contributed by atoms with Gasteiger partial charge in [-0.05, 0) is 49.8 Å². The van der Waals surface area contributed by atoms with Gasteiger partial charge in [-0.15, -0.1) is 0 Å². The summed E-state index contributed by atoms with van der Waals surface area (Å²) < 4.78 is 16.9. The molecule has 2 aliphatic carbocycles. The zero-order valence-corrected chi connectivity index (χ0v) is 13.1. The van der Waals surface area contributed by atoms with E-state index in [1.807, 2.05) is 17.0 Å². The van der Waals surface area contributed by atoms with Crippen LogP contribution in [0.4, 0.5) is 0 Å². The predicted octanol–water partition coefficient (Wildman–Crippen LogP) is 2.44. The molecule has 0 aromatic heterocycles. The SMILES string of the molecule is O=C(c1ccc2c(c1)OCO2)N1C[C@H]2CC[C@H]1[C@@H]2OCC1CC1. The molecule has 122 valence electrons. The molecule has 2 bridgehead atoms. The van der Waals surface area contributed by atoms with Gasteiger partial charge in [0.1, 0.15) is 0 Å². The molecule has 5 heteroatoms. The third kappa shape index (κ3) is 2.29. The van der Waals surface area contributed by atoms with Crippen molar-refractivity contribution >= 4 is 5.91 Å². The first kappa shape index (κ1) is 13.7. The number of piperidine rings is 1. The van der Waals surface area contributed by atoms with Crippen molar-refractivity contribution in [1.29, 1.82) is 0 Å². The van der Waals surface area contributed by atoms with Gasteiger partial charge in [-0.1, -0.05) is 0 Å². The maximum absolute atomic E-state index is 12.9. The van der Waals surface area contributed by atoms with Crippen molar-refractivity contribution in [2.45, 2.75) is 37.8 Å². The molecule has 2 saturated carbocycles. The first-order chi connectivity index (χ1) is 11.3. The number of fused-ring (bicyclic) bond motifs is 3. The highest BCUT2D eigenvalue weighted by Gasteiger charge is 2.50. The summed E-state index contributed by atoms with van der Waals surface area (Å²) in [4.78, 5) is 14.9. The van der Waals surface area contributed by atoms with Gasteiger partial charge >= 0.3 is 0 Å². The first-order valence-electron chi connectivity index (χ1n) is 8.62. The molecule has 1 saturated heterocycles. The van der Waals surface area contributed by atoms with Crippen LogP contribution in [0, 0.1) is 11.8 Å². The van der Waals surface area contributed by atoms with Gasteiger partial charge in [0.15, 0.2) is 11.5 Å². The van der Waals surface area contributed by atoms with E-state index < -0.39 is 0 Å². The summed E-state index contributed by atoms with van der Waals surface area (Å²) in [5.74, 6) is 2.76. The fourth-order valence-corrected chi connectivity index (χ4v) is 4.15. The molecule has 2 heterocycles. The number of benzene rings is 1. The van der Waals surface area contributed by atoms with E-state index in [0.29, 0.717) is 17.2 Å². The second kappa shape index (κ2) is 5.13. The molecular formula is C18H21NO4. The average Bonchev–Trinajstić information content (AvgIpc) is 3.03. The van der Waals surface area contributed by atoms with Crippen LogP contribution < -0.4 is 9.47 Å². The van der Waals surface area contributed by atoms with Crippen LogP contribution in [0.1, 0.15) is 36.0 Å². The van der Waals surface area contributed by atoms with E-state index in [1.54, 1.807) is 6.07 Å². The minimum atomic E-state index is 0.0931. The van der Waals surface area contributed by atoms with Crippen molar-refractivity contribution in [3.05, 3.63) is 23.8 Å². The lowest BCUT2D eigenvalue weighted by atomic mass is 10.1. The van der Waals surface area contributed by atoms with Crippen molar-refractivity contribution in [2.24, 2.45) is 11.8 Å². The van der Waals surface area contributed by atoms with Crippen LogP contribution in [0.5, 0.6) is 11.5 Å². The summed E-state index contributed by atoms with van der Waals surface area (Å²) in [5, 5.41) is 0. The van der Waals surface area contributed by atoms with Crippen molar-refractivity contribution in [1.82, 2.24) is 4.90 Å². The molecule has 3 atom stereocenters. The summed E-state index contributed by atoms with van der Waals surface area (Å²) in [6.07, 6.45) is 5.11. The number of amides is 1. The van der Waals surface area contributed by atoms with Crippen LogP contribution in [0.25, 0.3) is 0 Å².